The van der Waals surface area contributed by atoms with Crippen LogP contribution < -0.4 is 11.1 Å². The lowest BCUT2D eigenvalue weighted by Gasteiger charge is -2.09. The van der Waals surface area contributed by atoms with Gasteiger partial charge in [-0.3, -0.25) is 0 Å². The fraction of sp³-hybridized carbons (Fsp3) is 0.316. The smallest absolute Gasteiger partial charge is 0.189 e. The van der Waals surface area contributed by atoms with Crippen LogP contribution in [0.4, 0.5) is 0 Å². The van der Waals surface area contributed by atoms with Gasteiger partial charge in [-0.15, -0.1) is 0 Å². The number of benzene rings is 2. The van der Waals surface area contributed by atoms with E-state index in [1.807, 2.05) is 44.2 Å². The third-order valence-corrected chi connectivity index (χ3v) is 3.24. The molecule has 0 spiro atoms. The number of rotatable bonds is 7. The fourth-order valence-corrected chi connectivity index (χ4v) is 2.20. The van der Waals surface area contributed by atoms with Crippen LogP contribution in [0.2, 0.25) is 0 Å². The zero-order valence-electron chi connectivity index (χ0n) is 13.8. The number of ether oxygens (including phenoxy) is 1. The Morgan fingerprint density at radius 3 is 2.39 bits per heavy atom. The summed E-state index contributed by atoms with van der Waals surface area (Å²) in [4.78, 5) is 4.35. The van der Waals surface area contributed by atoms with Crippen molar-refractivity contribution in [3.63, 3.8) is 0 Å². The van der Waals surface area contributed by atoms with Crippen LogP contribution in [-0.2, 0) is 24.5 Å². The molecule has 23 heavy (non-hydrogen) atoms. The third-order valence-electron chi connectivity index (χ3n) is 3.24. The van der Waals surface area contributed by atoms with Crippen LogP contribution in [0, 0.1) is 0 Å². The van der Waals surface area contributed by atoms with E-state index in [4.69, 9.17) is 10.5 Å². The molecular formula is C19H25N3O. The van der Waals surface area contributed by atoms with Crippen molar-refractivity contribution in [1.29, 1.82) is 0 Å². The van der Waals surface area contributed by atoms with Gasteiger partial charge in [0.05, 0.1) is 19.8 Å². The van der Waals surface area contributed by atoms with Crippen LogP contribution in [0.1, 0.15) is 30.5 Å². The molecule has 2 rings (SSSR count). The van der Waals surface area contributed by atoms with Gasteiger partial charge in [-0.25, -0.2) is 4.99 Å². The highest BCUT2D eigenvalue weighted by Gasteiger charge is 1.99. The monoisotopic (exact) mass is 311 g/mol. The third kappa shape index (κ3) is 6.53. The summed E-state index contributed by atoms with van der Waals surface area (Å²) in [6.45, 7) is 5.85. The molecule has 4 heteroatoms. The molecule has 0 bridgehead atoms. The second-order valence-electron chi connectivity index (χ2n) is 5.80. The summed E-state index contributed by atoms with van der Waals surface area (Å²) in [6.07, 6.45) is 0. The predicted octanol–water partition coefficient (Wildman–Crippen LogP) is 3.22. The van der Waals surface area contributed by atoms with Gasteiger partial charge in [0.1, 0.15) is 0 Å². The van der Waals surface area contributed by atoms with Gasteiger partial charge in [0.2, 0.25) is 0 Å². The molecule has 0 amide bonds. The lowest BCUT2D eigenvalue weighted by molar-refractivity contribution is 0.107. The lowest BCUT2D eigenvalue weighted by Crippen LogP contribution is -2.36. The normalized spacial score (nSPS) is 11.7. The van der Waals surface area contributed by atoms with Crippen molar-refractivity contribution in [2.24, 2.45) is 10.7 Å². The van der Waals surface area contributed by atoms with Crippen LogP contribution in [0.5, 0.6) is 0 Å². The highest BCUT2D eigenvalue weighted by atomic mass is 16.5. The first-order valence-electron chi connectivity index (χ1n) is 7.89. The van der Waals surface area contributed by atoms with Gasteiger partial charge >= 0.3 is 0 Å². The van der Waals surface area contributed by atoms with Crippen LogP contribution in [0.15, 0.2) is 59.6 Å². The van der Waals surface area contributed by atoms with E-state index in [2.05, 4.69) is 34.6 Å². The second kappa shape index (κ2) is 8.96. The molecule has 2 aromatic rings. The minimum absolute atomic E-state index is 0.288. The molecule has 0 atom stereocenters. The first-order chi connectivity index (χ1) is 11.1. The van der Waals surface area contributed by atoms with Gasteiger partial charge in [-0.1, -0.05) is 54.6 Å². The van der Waals surface area contributed by atoms with Crippen LogP contribution in [0.3, 0.4) is 0 Å². The van der Waals surface area contributed by atoms with E-state index in [1.54, 1.807) is 0 Å². The van der Waals surface area contributed by atoms with Gasteiger partial charge in [0, 0.05) is 6.04 Å². The number of aliphatic imine (C=N–C) groups is 1. The molecule has 2 aromatic carbocycles. The van der Waals surface area contributed by atoms with Crippen molar-refractivity contribution in [2.45, 2.75) is 39.6 Å². The van der Waals surface area contributed by atoms with Crippen molar-refractivity contribution in [1.82, 2.24) is 5.32 Å². The molecule has 0 fully saturated rings. The predicted molar refractivity (Wildman–Crippen MR) is 95.0 cm³/mol. The van der Waals surface area contributed by atoms with E-state index in [1.165, 1.54) is 5.56 Å². The highest BCUT2D eigenvalue weighted by molar-refractivity contribution is 5.78. The summed E-state index contributed by atoms with van der Waals surface area (Å²) in [6, 6.07) is 18.7. The Labute approximate surface area is 138 Å². The molecule has 4 nitrogen and oxygen atoms in total. The van der Waals surface area contributed by atoms with Crippen LogP contribution in [0.25, 0.3) is 0 Å². The summed E-state index contributed by atoms with van der Waals surface area (Å²) < 4.78 is 5.77. The highest BCUT2D eigenvalue weighted by Crippen LogP contribution is 2.09. The van der Waals surface area contributed by atoms with Gasteiger partial charge in [0.25, 0.3) is 0 Å². The van der Waals surface area contributed by atoms with Crippen molar-refractivity contribution in [3.8, 4) is 0 Å². The molecule has 0 aliphatic heterocycles. The average molecular weight is 311 g/mol. The molecule has 0 saturated carbocycles. The number of nitrogens with two attached hydrogens (primary N) is 1. The SMILES string of the molecule is CC(C)NC(N)=NCc1cccc(COCc2ccccc2)c1. The van der Waals surface area contributed by atoms with Crippen molar-refractivity contribution in [3.05, 3.63) is 71.3 Å². The van der Waals surface area contributed by atoms with Crippen LogP contribution >= 0.6 is 0 Å². The maximum Gasteiger partial charge on any atom is 0.189 e. The molecule has 0 heterocycles. The number of nitrogens with zero attached hydrogens (tertiary/aromatic N) is 1. The summed E-state index contributed by atoms with van der Waals surface area (Å²) in [5, 5.41) is 3.08. The molecule has 0 aliphatic carbocycles. The number of hydrogen-bond acceptors (Lipinski definition) is 2. The van der Waals surface area contributed by atoms with Gasteiger partial charge in [0.15, 0.2) is 5.96 Å². The number of hydrogen-bond donors (Lipinski definition) is 2. The topological polar surface area (TPSA) is 59.6 Å². The molecule has 3 N–H and O–H groups in total. The largest absolute Gasteiger partial charge is 0.372 e. The van der Waals surface area contributed by atoms with Crippen molar-refractivity contribution < 1.29 is 4.74 Å². The molecule has 0 radical (unpaired) electrons. The second-order valence-corrected chi connectivity index (χ2v) is 5.80. The van der Waals surface area contributed by atoms with E-state index in [9.17, 15) is 0 Å². The minimum atomic E-state index is 0.288. The molecule has 122 valence electrons. The van der Waals surface area contributed by atoms with Gasteiger partial charge < -0.3 is 15.8 Å². The van der Waals surface area contributed by atoms with E-state index >= 15 is 0 Å². The summed E-state index contributed by atoms with van der Waals surface area (Å²) in [5.41, 5.74) is 9.27. The van der Waals surface area contributed by atoms with E-state index in [0.717, 1.165) is 11.1 Å². The molecular weight excluding hydrogens is 286 g/mol. The zero-order valence-corrected chi connectivity index (χ0v) is 13.8. The van der Waals surface area contributed by atoms with Crippen molar-refractivity contribution >= 4 is 5.96 Å². The van der Waals surface area contributed by atoms with E-state index in [-0.39, 0.29) is 6.04 Å². The standard InChI is InChI=1S/C19H25N3O/c1-15(2)22-19(20)21-12-17-9-6-10-18(11-17)14-23-13-16-7-4-3-5-8-16/h3-11,15H,12-14H2,1-2H3,(H3,20,21,22). The van der Waals surface area contributed by atoms with E-state index in [0.29, 0.717) is 25.7 Å². The molecule has 0 aromatic heterocycles. The zero-order chi connectivity index (χ0) is 16.5. The maximum atomic E-state index is 5.82. The maximum absolute atomic E-state index is 5.82. The average Bonchev–Trinajstić information content (AvgIpc) is 2.54. The molecule has 0 saturated heterocycles. The Morgan fingerprint density at radius 2 is 1.65 bits per heavy atom. The summed E-state index contributed by atoms with van der Waals surface area (Å²) in [7, 11) is 0. The Kier molecular flexibility index (Phi) is 6.63. The number of guanidine groups is 1. The first kappa shape index (κ1) is 17.0. The quantitative estimate of drug-likeness (QED) is 0.610. The van der Waals surface area contributed by atoms with Gasteiger partial charge in [-0.05, 0) is 30.5 Å². The summed E-state index contributed by atoms with van der Waals surface area (Å²) >= 11 is 0. The summed E-state index contributed by atoms with van der Waals surface area (Å²) in [5.74, 6) is 0.478. The molecule has 0 aliphatic rings. The Balaban J connectivity index is 1.84. The Hall–Kier alpha value is -2.33. The molecule has 0 unspecified atom stereocenters. The van der Waals surface area contributed by atoms with Crippen LogP contribution in [-0.4, -0.2) is 12.0 Å². The fourth-order valence-electron chi connectivity index (χ4n) is 2.20. The van der Waals surface area contributed by atoms with Gasteiger partial charge in [-0.2, -0.15) is 0 Å². The minimum Gasteiger partial charge on any atom is -0.372 e. The Bertz CT molecular complexity index is 624. The van der Waals surface area contributed by atoms with E-state index < -0.39 is 0 Å². The Morgan fingerprint density at radius 1 is 1.00 bits per heavy atom. The van der Waals surface area contributed by atoms with Crippen molar-refractivity contribution in [2.75, 3.05) is 0 Å². The number of nitrogens with one attached hydrogen (secondary N) is 1. The first-order valence-corrected chi connectivity index (χ1v) is 7.89. The lowest BCUT2D eigenvalue weighted by atomic mass is 10.1.